The van der Waals surface area contributed by atoms with E-state index in [1.54, 1.807) is 18.6 Å². The average Bonchev–Trinajstić information content (AvgIpc) is 3.72. The molecule has 5 aromatic heterocycles. The molecule has 2 N–H and O–H groups in total. The molecule has 6 heterocycles. The molecule has 10 heteroatoms. The van der Waals surface area contributed by atoms with E-state index >= 15 is 0 Å². The van der Waals surface area contributed by atoms with Gasteiger partial charge in [0.05, 0.1) is 10.9 Å². The molecule has 1 fully saturated rings. The first-order valence-corrected chi connectivity index (χ1v) is 13.4. The number of aryl methyl sites for hydroxylation is 1. The minimum Gasteiger partial charge on any atom is -0.492 e. The molecule has 0 aliphatic carbocycles. The molecule has 1 aliphatic heterocycles. The Hall–Kier alpha value is -4.70. The van der Waals surface area contributed by atoms with Crippen LogP contribution in [0.5, 0.6) is 5.75 Å². The second-order valence-electron chi connectivity index (χ2n) is 10.1. The normalized spacial score (nSPS) is 13.9. The van der Waals surface area contributed by atoms with Crippen LogP contribution in [0.25, 0.3) is 56.0 Å². The van der Waals surface area contributed by atoms with Crippen LogP contribution < -0.4 is 4.74 Å². The Morgan fingerprint density at radius 1 is 0.950 bits per heavy atom. The number of imidazole rings is 1. The van der Waals surface area contributed by atoms with Crippen LogP contribution in [0, 0.1) is 12.7 Å². The lowest BCUT2D eigenvalue weighted by Crippen LogP contribution is -2.25. The molecule has 200 valence electrons. The summed E-state index contributed by atoms with van der Waals surface area (Å²) in [6, 6.07) is 10.6. The van der Waals surface area contributed by atoms with E-state index in [0.29, 0.717) is 46.2 Å². The van der Waals surface area contributed by atoms with Crippen LogP contribution in [0.4, 0.5) is 4.39 Å². The van der Waals surface area contributed by atoms with Gasteiger partial charge < -0.3 is 9.72 Å². The molecule has 0 spiro atoms. The molecule has 9 nitrogen and oxygen atoms in total. The van der Waals surface area contributed by atoms with Crippen molar-refractivity contribution in [1.82, 2.24) is 40.0 Å². The van der Waals surface area contributed by atoms with E-state index in [1.807, 2.05) is 37.4 Å². The summed E-state index contributed by atoms with van der Waals surface area (Å²) in [5, 5.41) is 8.28. The molecule has 0 unspecified atom stereocenters. The molecule has 0 atom stereocenters. The number of pyridine rings is 3. The fourth-order valence-corrected chi connectivity index (χ4v) is 5.36. The van der Waals surface area contributed by atoms with Crippen LogP contribution in [0.2, 0.25) is 0 Å². The van der Waals surface area contributed by atoms with Crippen LogP contribution in [0.15, 0.2) is 61.2 Å². The number of hydrogen-bond acceptors (Lipinski definition) is 7. The summed E-state index contributed by atoms with van der Waals surface area (Å²) in [6.45, 7) is 5.59. The van der Waals surface area contributed by atoms with Crippen molar-refractivity contribution in [3.63, 3.8) is 0 Å². The minimum atomic E-state index is -0.359. The lowest BCUT2D eigenvalue weighted by molar-refractivity contribution is 0.237. The Morgan fingerprint density at radius 3 is 2.73 bits per heavy atom. The monoisotopic (exact) mass is 534 g/mol. The summed E-state index contributed by atoms with van der Waals surface area (Å²) in [4.78, 5) is 23.8. The molecule has 0 radical (unpaired) electrons. The standard InChI is InChI=1S/C30H27FN8O/c1-18-4-6-32-17-25(18)20-14-24-27(37-38-28(24)34-16-20)30-35-26-23(5-7-33-29(26)36-30)19-12-21(31)15-22(13-19)40-11-10-39-8-2-3-9-39/h4-7,12-17H,2-3,8-11H2,1H3,(H,33,35,36)(H,34,37,38). The van der Waals surface area contributed by atoms with Gasteiger partial charge in [0, 0.05) is 54.1 Å². The van der Waals surface area contributed by atoms with Crippen LogP contribution in [0.1, 0.15) is 18.4 Å². The number of likely N-dealkylation sites (tertiary alicyclic amines) is 1. The van der Waals surface area contributed by atoms with Gasteiger partial charge in [-0.05, 0) is 74.3 Å². The molecule has 0 amide bonds. The number of rotatable bonds is 7. The van der Waals surface area contributed by atoms with E-state index in [1.165, 1.54) is 25.0 Å². The van der Waals surface area contributed by atoms with Crippen LogP contribution in [0.3, 0.4) is 0 Å². The van der Waals surface area contributed by atoms with Crippen LogP contribution in [-0.4, -0.2) is 66.3 Å². The van der Waals surface area contributed by atoms with Gasteiger partial charge in [-0.25, -0.2) is 19.3 Å². The number of H-pyrrole nitrogens is 2. The lowest BCUT2D eigenvalue weighted by Gasteiger charge is -2.15. The van der Waals surface area contributed by atoms with Crippen LogP contribution >= 0.6 is 0 Å². The number of halogens is 1. The third kappa shape index (κ3) is 4.56. The number of fused-ring (bicyclic) bond motifs is 2. The Morgan fingerprint density at radius 2 is 1.85 bits per heavy atom. The Balaban J connectivity index is 1.24. The Labute approximate surface area is 229 Å². The van der Waals surface area contributed by atoms with Gasteiger partial charge in [0.15, 0.2) is 17.1 Å². The van der Waals surface area contributed by atoms with E-state index in [0.717, 1.165) is 47.3 Å². The number of benzene rings is 1. The third-order valence-electron chi connectivity index (χ3n) is 7.45. The lowest BCUT2D eigenvalue weighted by atomic mass is 10.0. The minimum absolute atomic E-state index is 0.359. The summed E-state index contributed by atoms with van der Waals surface area (Å²) in [7, 11) is 0. The van der Waals surface area contributed by atoms with Gasteiger partial charge in [-0.2, -0.15) is 5.10 Å². The quantitative estimate of drug-likeness (QED) is 0.277. The zero-order valence-electron chi connectivity index (χ0n) is 22.0. The maximum Gasteiger partial charge on any atom is 0.181 e. The number of aromatic amines is 2. The van der Waals surface area contributed by atoms with Gasteiger partial charge >= 0.3 is 0 Å². The SMILES string of the molecule is Cc1ccncc1-c1cnc2n[nH]c(-c3nc4nccc(-c5cc(F)cc(OCCN6CCCC6)c5)c4[nH]3)c2c1. The number of nitrogens with one attached hydrogen (secondary N) is 2. The second kappa shape index (κ2) is 10.1. The first-order valence-electron chi connectivity index (χ1n) is 13.4. The van der Waals surface area contributed by atoms with E-state index in [-0.39, 0.29) is 5.82 Å². The predicted molar refractivity (Wildman–Crippen MR) is 151 cm³/mol. The largest absolute Gasteiger partial charge is 0.492 e. The highest BCUT2D eigenvalue weighted by Gasteiger charge is 2.18. The highest BCUT2D eigenvalue weighted by Crippen LogP contribution is 2.33. The highest BCUT2D eigenvalue weighted by atomic mass is 19.1. The topological polar surface area (TPSA) is 108 Å². The molecule has 40 heavy (non-hydrogen) atoms. The summed E-state index contributed by atoms with van der Waals surface area (Å²) in [6.07, 6.45) is 9.53. The molecular weight excluding hydrogens is 507 g/mol. The molecule has 1 aromatic carbocycles. The summed E-state index contributed by atoms with van der Waals surface area (Å²) < 4.78 is 20.6. The smallest absolute Gasteiger partial charge is 0.181 e. The fraction of sp³-hybridized carbons (Fsp3) is 0.233. The summed E-state index contributed by atoms with van der Waals surface area (Å²) in [5.74, 6) is 0.711. The zero-order valence-corrected chi connectivity index (χ0v) is 22.0. The van der Waals surface area contributed by atoms with Crippen molar-refractivity contribution in [2.45, 2.75) is 19.8 Å². The van der Waals surface area contributed by atoms with Gasteiger partial charge in [-0.1, -0.05) is 0 Å². The van der Waals surface area contributed by atoms with Crippen molar-refractivity contribution < 1.29 is 9.13 Å². The van der Waals surface area contributed by atoms with Crippen molar-refractivity contribution >= 4 is 22.2 Å². The fourth-order valence-electron chi connectivity index (χ4n) is 5.36. The van der Waals surface area contributed by atoms with Gasteiger partial charge in [-0.15, -0.1) is 0 Å². The van der Waals surface area contributed by atoms with Crippen molar-refractivity contribution in [1.29, 1.82) is 0 Å². The Kier molecular flexibility index (Phi) is 6.16. The maximum atomic E-state index is 14.7. The van der Waals surface area contributed by atoms with E-state index in [2.05, 4.69) is 35.0 Å². The van der Waals surface area contributed by atoms with E-state index in [9.17, 15) is 4.39 Å². The molecule has 7 rings (SSSR count). The number of hydrogen-bond donors (Lipinski definition) is 2. The summed E-state index contributed by atoms with van der Waals surface area (Å²) >= 11 is 0. The number of ether oxygens (including phenoxy) is 1. The maximum absolute atomic E-state index is 14.7. The van der Waals surface area contributed by atoms with Gasteiger partial charge in [0.2, 0.25) is 0 Å². The molecular formula is C30H27FN8O. The summed E-state index contributed by atoms with van der Waals surface area (Å²) in [5.41, 5.74) is 6.99. The first kappa shape index (κ1) is 24.3. The van der Waals surface area contributed by atoms with Gasteiger partial charge in [0.25, 0.3) is 0 Å². The van der Waals surface area contributed by atoms with Gasteiger partial charge in [0.1, 0.15) is 23.9 Å². The molecule has 0 saturated carbocycles. The van der Waals surface area contributed by atoms with Crippen molar-refractivity contribution in [2.75, 3.05) is 26.2 Å². The average molecular weight is 535 g/mol. The molecule has 1 aliphatic rings. The highest BCUT2D eigenvalue weighted by molar-refractivity contribution is 5.96. The molecule has 0 bridgehead atoms. The third-order valence-corrected chi connectivity index (χ3v) is 7.45. The predicted octanol–water partition coefficient (Wildman–Crippen LogP) is 5.55. The first-order chi connectivity index (χ1) is 19.6. The molecule has 1 saturated heterocycles. The Bertz CT molecular complexity index is 1840. The van der Waals surface area contributed by atoms with Crippen molar-refractivity contribution in [3.8, 4) is 39.5 Å². The number of nitrogens with zero attached hydrogens (tertiary/aromatic N) is 6. The number of aromatic nitrogens is 7. The molecule has 6 aromatic rings. The van der Waals surface area contributed by atoms with Crippen molar-refractivity contribution in [3.05, 3.63) is 72.6 Å². The van der Waals surface area contributed by atoms with Crippen molar-refractivity contribution in [2.24, 2.45) is 0 Å². The van der Waals surface area contributed by atoms with Crippen LogP contribution in [-0.2, 0) is 0 Å². The van der Waals surface area contributed by atoms with Gasteiger partial charge in [-0.3, -0.25) is 15.0 Å². The zero-order chi connectivity index (χ0) is 27.1. The van der Waals surface area contributed by atoms with E-state index in [4.69, 9.17) is 9.72 Å². The van der Waals surface area contributed by atoms with E-state index < -0.39 is 0 Å². The second-order valence-corrected chi connectivity index (χ2v) is 10.1.